The Morgan fingerprint density at radius 3 is 2.70 bits per heavy atom. The molecule has 1 amide bonds. The lowest BCUT2D eigenvalue weighted by Crippen LogP contribution is -2.14. The van der Waals surface area contributed by atoms with Gasteiger partial charge < -0.3 is 9.73 Å². The molecule has 23 heavy (non-hydrogen) atoms. The van der Waals surface area contributed by atoms with Gasteiger partial charge in [-0.15, -0.1) is 0 Å². The number of para-hydroxylation sites is 2. The Kier molecular flexibility index (Phi) is 4.15. The van der Waals surface area contributed by atoms with Gasteiger partial charge in [-0.2, -0.15) is 0 Å². The maximum absolute atomic E-state index is 12.0. The number of oxazole rings is 1. The molecule has 1 heterocycles. The molecule has 0 fully saturated rings. The van der Waals surface area contributed by atoms with E-state index in [-0.39, 0.29) is 5.91 Å². The van der Waals surface area contributed by atoms with Crippen LogP contribution in [0.2, 0.25) is 0 Å². The van der Waals surface area contributed by atoms with Crippen molar-refractivity contribution in [1.82, 2.24) is 4.98 Å². The molecule has 1 aromatic heterocycles. The Morgan fingerprint density at radius 2 is 1.96 bits per heavy atom. The zero-order chi connectivity index (χ0) is 16.4. The SMILES string of the molecule is Cc1c(NC(=O)CC(C)C)cccc1-c1nc2ccccc2o1. The van der Waals surface area contributed by atoms with Crippen molar-refractivity contribution >= 4 is 22.7 Å². The average molecular weight is 308 g/mol. The second-order valence-corrected chi connectivity index (χ2v) is 6.11. The van der Waals surface area contributed by atoms with E-state index in [0.717, 1.165) is 27.9 Å². The van der Waals surface area contributed by atoms with Crippen LogP contribution in [0.1, 0.15) is 25.8 Å². The highest BCUT2D eigenvalue weighted by Crippen LogP contribution is 2.30. The second kappa shape index (κ2) is 6.24. The van der Waals surface area contributed by atoms with E-state index < -0.39 is 0 Å². The number of anilines is 1. The Hall–Kier alpha value is -2.62. The van der Waals surface area contributed by atoms with E-state index in [0.29, 0.717) is 18.2 Å². The number of benzene rings is 2. The van der Waals surface area contributed by atoms with Crippen molar-refractivity contribution in [3.8, 4) is 11.5 Å². The van der Waals surface area contributed by atoms with Gasteiger partial charge in [0.1, 0.15) is 5.52 Å². The summed E-state index contributed by atoms with van der Waals surface area (Å²) >= 11 is 0. The molecule has 0 saturated carbocycles. The molecule has 0 saturated heterocycles. The van der Waals surface area contributed by atoms with Crippen molar-refractivity contribution in [1.29, 1.82) is 0 Å². The summed E-state index contributed by atoms with van der Waals surface area (Å²) in [5.41, 5.74) is 4.24. The maximum Gasteiger partial charge on any atom is 0.227 e. The lowest BCUT2D eigenvalue weighted by molar-refractivity contribution is -0.116. The van der Waals surface area contributed by atoms with Crippen LogP contribution >= 0.6 is 0 Å². The zero-order valence-electron chi connectivity index (χ0n) is 13.6. The summed E-state index contributed by atoms with van der Waals surface area (Å²) in [6.45, 7) is 6.03. The second-order valence-electron chi connectivity index (χ2n) is 6.11. The number of carbonyl (C=O) groups excluding carboxylic acids is 1. The summed E-state index contributed by atoms with van der Waals surface area (Å²) in [5.74, 6) is 0.928. The van der Waals surface area contributed by atoms with Gasteiger partial charge in [0.25, 0.3) is 0 Å². The lowest BCUT2D eigenvalue weighted by Gasteiger charge is -2.11. The molecule has 3 rings (SSSR count). The monoisotopic (exact) mass is 308 g/mol. The van der Waals surface area contributed by atoms with E-state index >= 15 is 0 Å². The number of hydrogen-bond donors (Lipinski definition) is 1. The summed E-state index contributed by atoms with van der Waals surface area (Å²) in [7, 11) is 0. The standard InChI is InChI=1S/C19H20N2O2/c1-12(2)11-18(22)20-15-9-6-7-14(13(15)3)19-21-16-8-4-5-10-17(16)23-19/h4-10,12H,11H2,1-3H3,(H,20,22). The molecule has 118 valence electrons. The lowest BCUT2D eigenvalue weighted by atomic mass is 10.1. The third kappa shape index (κ3) is 3.26. The summed E-state index contributed by atoms with van der Waals surface area (Å²) in [5, 5.41) is 2.98. The van der Waals surface area contributed by atoms with Gasteiger partial charge in [0.15, 0.2) is 5.58 Å². The normalized spacial score (nSPS) is 11.1. The Balaban J connectivity index is 1.94. The van der Waals surface area contributed by atoms with Gasteiger partial charge in [-0.25, -0.2) is 4.98 Å². The molecule has 0 aliphatic rings. The highest BCUT2D eigenvalue weighted by Gasteiger charge is 2.14. The molecule has 0 unspecified atom stereocenters. The minimum Gasteiger partial charge on any atom is -0.436 e. The summed E-state index contributed by atoms with van der Waals surface area (Å²) < 4.78 is 5.84. The molecule has 0 bridgehead atoms. The molecule has 0 atom stereocenters. The fourth-order valence-electron chi connectivity index (χ4n) is 2.56. The van der Waals surface area contributed by atoms with E-state index in [2.05, 4.69) is 10.3 Å². The number of amides is 1. The molecular formula is C19H20N2O2. The zero-order valence-corrected chi connectivity index (χ0v) is 13.6. The predicted molar refractivity (Wildman–Crippen MR) is 92.3 cm³/mol. The van der Waals surface area contributed by atoms with Crippen LogP contribution in [0, 0.1) is 12.8 Å². The van der Waals surface area contributed by atoms with Crippen LogP contribution in [-0.2, 0) is 4.79 Å². The highest BCUT2D eigenvalue weighted by atomic mass is 16.3. The number of carbonyl (C=O) groups is 1. The molecule has 0 radical (unpaired) electrons. The average Bonchev–Trinajstić information content (AvgIpc) is 2.92. The first-order valence-electron chi connectivity index (χ1n) is 7.80. The number of nitrogens with one attached hydrogen (secondary N) is 1. The quantitative estimate of drug-likeness (QED) is 0.754. The Morgan fingerprint density at radius 1 is 1.17 bits per heavy atom. The smallest absolute Gasteiger partial charge is 0.227 e. The van der Waals surface area contributed by atoms with Crippen LogP contribution in [0.3, 0.4) is 0 Å². The molecular weight excluding hydrogens is 288 g/mol. The van der Waals surface area contributed by atoms with Crippen molar-refractivity contribution in [2.45, 2.75) is 27.2 Å². The van der Waals surface area contributed by atoms with Crippen LogP contribution < -0.4 is 5.32 Å². The molecule has 0 aliphatic carbocycles. The minimum absolute atomic E-state index is 0.0258. The van der Waals surface area contributed by atoms with Crippen LogP contribution in [0.5, 0.6) is 0 Å². The third-order valence-electron chi connectivity index (χ3n) is 3.73. The predicted octanol–water partition coefficient (Wildman–Crippen LogP) is 4.79. The Bertz CT molecular complexity index is 816. The topological polar surface area (TPSA) is 55.1 Å². The fraction of sp³-hybridized carbons (Fsp3) is 0.263. The number of hydrogen-bond acceptors (Lipinski definition) is 3. The first-order chi connectivity index (χ1) is 11.0. The van der Waals surface area contributed by atoms with Gasteiger partial charge >= 0.3 is 0 Å². The van der Waals surface area contributed by atoms with Crippen molar-refractivity contribution in [3.63, 3.8) is 0 Å². The molecule has 3 aromatic rings. The summed E-state index contributed by atoms with van der Waals surface area (Å²) in [4.78, 5) is 16.5. The van der Waals surface area contributed by atoms with E-state index in [1.165, 1.54) is 0 Å². The number of aromatic nitrogens is 1. The molecule has 4 heteroatoms. The molecule has 0 aliphatic heterocycles. The van der Waals surface area contributed by atoms with Gasteiger partial charge in [0.2, 0.25) is 11.8 Å². The third-order valence-corrected chi connectivity index (χ3v) is 3.73. The summed E-state index contributed by atoms with van der Waals surface area (Å²) in [6, 6.07) is 13.4. The maximum atomic E-state index is 12.0. The van der Waals surface area contributed by atoms with Gasteiger partial charge in [-0.3, -0.25) is 4.79 Å². The van der Waals surface area contributed by atoms with E-state index in [9.17, 15) is 4.79 Å². The molecule has 2 aromatic carbocycles. The van der Waals surface area contributed by atoms with E-state index in [4.69, 9.17) is 4.42 Å². The summed E-state index contributed by atoms with van der Waals surface area (Å²) in [6.07, 6.45) is 0.507. The van der Waals surface area contributed by atoms with E-state index in [1.807, 2.05) is 63.2 Å². The van der Waals surface area contributed by atoms with Gasteiger partial charge in [0, 0.05) is 17.7 Å². The van der Waals surface area contributed by atoms with Crippen molar-refractivity contribution in [2.24, 2.45) is 5.92 Å². The number of nitrogens with zero attached hydrogens (tertiary/aromatic N) is 1. The largest absolute Gasteiger partial charge is 0.436 e. The van der Waals surface area contributed by atoms with Crippen molar-refractivity contribution in [2.75, 3.05) is 5.32 Å². The van der Waals surface area contributed by atoms with Crippen LogP contribution in [0.4, 0.5) is 5.69 Å². The van der Waals surface area contributed by atoms with Gasteiger partial charge in [-0.1, -0.05) is 32.0 Å². The molecule has 4 nitrogen and oxygen atoms in total. The minimum atomic E-state index is 0.0258. The fourth-order valence-corrected chi connectivity index (χ4v) is 2.56. The highest BCUT2D eigenvalue weighted by molar-refractivity contribution is 5.92. The van der Waals surface area contributed by atoms with Crippen LogP contribution in [0.25, 0.3) is 22.6 Å². The van der Waals surface area contributed by atoms with Crippen molar-refractivity contribution < 1.29 is 9.21 Å². The van der Waals surface area contributed by atoms with Gasteiger partial charge in [0.05, 0.1) is 0 Å². The first-order valence-corrected chi connectivity index (χ1v) is 7.80. The Labute approximate surface area is 135 Å². The van der Waals surface area contributed by atoms with E-state index in [1.54, 1.807) is 0 Å². The first kappa shape index (κ1) is 15.3. The van der Waals surface area contributed by atoms with Crippen molar-refractivity contribution in [3.05, 3.63) is 48.0 Å². The molecule has 0 spiro atoms. The van der Waals surface area contributed by atoms with Crippen LogP contribution in [0.15, 0.2) is 46.9 Å². The molecule has 1 N–H and O–H groups in total. The van der Waals surface area contributed by atoms with Gasteiger partial charge in [-0.05, 0) is 42.7 Å². The number of fused-ring (bicyclic) bond motifs is 1. The van der Waals surface area contributed by atoms with Crippen LogP contribution in [-0.4, -0.2) is 10.9 Å². The number of rotatable bonds is 4.